The molecule has 1 rings (SSSR count). The molecule has 2 atom stereocenters. The molecule has 1 aliphatic heterocycles. The number of nitrogens with zero attached hydrogens (tertiary/aromatic N) is 1. The van der Waals surface area contributed by atoms with E-state index in [4.69, 9.17) is 5.11 Å². The minimum absolute atomic E-state index is 0.0570. The summed E-state index contributed by atoms with van der Waals surface area (Å²) < 4.78 is 13.2. The molecular formula is C8H16FNO. The van der Waals surface area contributed by atoms with Gasteiger partial charge < -0.3 is 10.0 Å². The molecule has 1 aliphatic rings. The van der Waals surface area contributed by atoms with E-state index in [-0.39, 0.29) is 6.61 Å². The van der Waals surface area contributed by atoms with Crippen molar-refractivity contribution in [2.45, 2.75) is 19.5 Å². The Hall–Kier alpha value is -0.150. The number of piperidine rings is 1. The highest BCUT2D eigenvalue weighted by molar-refractivity contribution is 4.89. The molecule has 1 fully saturated rings. The molecule has 1 heterocycles. The number of rotatable bonds is 1. The molecule has 11 heavy (non-hydrogen) atoms. The summed E-state index contributed by atoms with van der Waals surface area (Å²) in [6.07, 6.45) is -0.295. The minimum atomic E-state index is -0.844. The lowest BCUT2D eigenvalue weighted by Crippen LogP contribution is -2.48. The van der Waals surface area contributed by atoms with Crippen molar-refractivity contribution in [2.24, 2.45) is 5.41 Å². The van der Waals surface area contributed by atoms with Crippen LogP contribution in [0.2, 0.25) is 0 Å². The smallest absolute Gasteiger partial charge is 0.110 e. The molecule has 66 valence electrons. The maximum absolute atomic E-state index is 13.2. The molecule has 0 amide bonds. The van der Waals surface area contributed by atoms with Crippen LogP contribution < -0.4 is 0 Å². The Kier molecular flexibility index (Phi) is 2.50. The fourth-order valence-electron chi connectivity index (χ4n) is 1.63. The second kappa shape index (κ2) is 3.07. The first-order valence-corrected chi connectivity index (χ1v) is 4.02. The Morgan fingerprint density at radius 1 is 1.73 bits per heavy atom. The number of hydrogen-bond acceptors (Lipinski definition) is 2. The predicted octanol–water partition coefficient (Wildman–Crippen LogP) is 0.659. The predicted molar refractivity (Wildman–Crippen MR) is 42.2 cm³/mol. The van der Waals surface area contributed by atoms with E-state index in [0.717, 1.165) is 6.54 Å². The Bertz CT molecular complexity index is 142. The standard InChI is InChI=1S/C8H16FNO/c1-8(6-11)5-10(2)4-3-7(8)9/h7,11H,3-6H2,1-2H3/t7-,8-/m0/s1. The summed E-state index contributed by atoms with van der Waals surface area (Å²) in [5.74, 6) is 0. The molecule has 0 aliphatic carbocycles. The lowest BCUT2D eigenvalue weighted by Gasteiger charge is -2.40. The number of aliphatic hydroxyl groups excluding tert-OH is 1. The van der Waals surface area contributed by atoms with Gasteiger partial charge in [-0.2, -0.15) is 0 Å². The molecule has 1 saturated heterocycles. The monoisotopic (exact) mass is 161 g/mol. The molecule has 0 spiro atoms. The lowest BCUT2D eigenvalue weighted by atomic mass is 9.81. The van der Waals surface area contributed by atoms with Gasteiger partial charge in [0, 0.05) is 18.5 Å². The molecule has 0 aromatic heterocycles. The van der Waals surface area contributed by atoms with Crippen LogP contribution in [0.1, 0.15) is 13.3 Å². The van der Waals surface area contributed by atoms with Gasteiger partial charge in [-0.15, -0.1) is 0 Å². The van der Waals surface area contributed by atoms with Crippen molar-refractivity contribution < 1.29 is 9.50 Å². The van der Waals surface area contributed by atoms with Crippen molar-refractivity contribution in [1.29, 1.82) is 0 Å². The van der Waals surface area contributed by atoms with E-state index in [1.807, 2.05) is 7.05 Å². The second-order valence-electron chi connectivity index (χ2n) is 3.81. The van der Waals surface area contributed by atoms with Crippen LogP contribution in [-0.4, -0.2) is 42.9 Å². The van der Waals surface area contributed by atoms with Gasteiger partial charge >= 0.3 is 0 Å². The first-order chi connectivity index (χ1) is 5.08. The van der Waals surface area contributed by atoms with E-state index < -0.39 is 11.6 Å². The van der Waals surface area contributed by atoms with Crippen molar-refractivity contribution in [1.82, 2.24) is 4.90 Å². The van der Waals surface area contributed by atoms with Gasteiger partial charge in [0.15, 0.2) is 0 Å². The molecule has 1 N–H and O–H groups in total. The minimum Gasteiger partial charge on any atom is -0.396 e. The topological polar surface area (TPSA) is 23.5 Å². The third kappa shape index (κ3) is 1.71. The van der Waals surface area contributed by atoms with E-state index >= 15 is 0 Å². The number of alkyl halides is 1. The molecule has 0 bridgehead atoms. The third-order valence-corrected chi connectivity index (χ3v) is 2.51. The van der Waals surface area contributed by atoms with Crippen LogP contribution >= 0.6 is 0 Å². The quantitative estimate of drug-likeness (QED) is 0.610. The van der Waals surface area contributed by atoms with Crippen LogP contribution in [0.5, 0.6) is 0 Å². The van der Waals surface area contributed by atoms with Crippen molar-refractivity contribution in [3.05, 3.63) is 0 Å². The summed E-state index contributed by atoms with van der Waals surface area (Å²) in [7, 11) is 1.96. The molecule has 0 aromatic carbocycles. The van der Waals surface area contributed by atoms with Crippen LogP contribution in [0.4, 0.5) is 4.39 Å². The zero-order chi connectivity index (χ0) is 8.48. The first kappa shape index (κ1) is 8.94. The maximum atomic E-state index is 13.2. The van der Waals surface area contributed by atoms with Crippen molar-refractivity contribution in [3.63, 3.8) is 0 Å². The Balaban J connectivity index is 2.60. The molecule has 3 heteroatoms. The number of halogens is 1. The highest BCUT2D eigenvalue weighted by atomic mass is 19.1. The van der Waals surface area contributed by atoms with Crippen molar-refractivity contribution in [3.8, 4) is 0 Å². The SMILES string of the molecule is CN1CC[C@H](F)[C@](C)(CO)C1. The van der Waals surface area contributed by atoms with Gasteiger partial charge in [-0.05, 0) is 13.5 Å². The van der Waals surface area contributed by atoms with Crippen LogP contribution in [0.3, 0.4) is 0 Å². The van der Waals surface area contributed by atoms with E-state index in [1.54, 1.807) is 6.92 Å². The Labute approximate surface area is 67.0 Å². The molecule has 2 nitrogen and oxygen atoms in total. The average Bonchev–Trinajstić information content (AvgIpc) is 1.98. The number of likely N-dealkylation sites (tertiary alicyclic amines) is 1. The zero-order valence-corrected chi connectivity index (χ0v) is 7.18. The van der Waals surface area contributed by atoms with Gasteiger partial charge in [-0.3, -0.25) is 0 Å². The highest BCUT2D eigenvalue weighted by Crippen LogP contribution is 2.30. The summed E-state index contributed by atoms with van der Waals surface area (Å²) in [5, 5.41) is 8.97. The summed E-state index contributed by atoms with van der Waals surface area (Å²) in [6, 6.07) is 0. The maximum Gasteiger partial charge on any atom is 0.110 e. The molecular weight excluding hydrogens is 145 g/mol. The van der Waals surface area contributed by atoms with Crippen LogP contribution in [0.15, 0.2) is 0 Å². The molecule has 0 unspecified atom stereocenters. The van der Waals surface area contributed by atoms with Crippen LogP contribution in [0.25, 0.3) is 0 Å². The zero-order valence-electron chi connectivity index (χ0n) is 7.18. The average molecular weight is 161 g/mol. The second-order valence-corrected chi connectivity index (χ2v) is 3.81. The van der Waals surface area contributed by atoms with Gasteiger partial charge in [-0.1, -0.05) is 6.92 Å². The Morgan fingerprint density at radius 3 is 2.82 bits per heavy atom. The third-order valence-electron chi connectivity index (χ3n) is 2.51. The fraction of sp³-hybridized carbons (Fsp3) is 1.00. The summed E-state index contributed by atoms with van der Waals surface area (Å²) in [5.41, 5.74) is -0.535. The van der Waals surface area contributed by atoms with Gasteiger partial charge in [0.1, 0.15) is 6.17 Å². The fourth-order valence-corrected chi connectivity index (χ4v) is 1.63. The van der Waals surface area contributed by atoms with E-state index in [2.05, 4.69) is 4.90 Å². The summed E-state index contributed by atoms with van der Waals surface area (Å²) in [6.45, 7) is 3.20. The van der Waals surface area contributed by atoms with Crippen LogP contribution in [-0.2, 0) is 0 Å². The summed E-state index contributed by atoms with van der Waals surface area (Å²) >= 11 is 0. The van der Waals surface area contributed by atoms with Gasteiger partial charge in [-0.25, -0.2) is 4.39 Å². The molecule has 0 radical (unpaired) electrons. The summed E-state index contributed by atoms with van der Waals surface area (Å²) in [4.78, 5) is 2.06. The molecule has 0 aromatic rings. The van der Waals surface area contributed by atoms with Crippen LogP contribution in [0, 0.1) is 5.41 Å². The van der Waals surface area contributed by atoms with E-state index in [9.17, 15) is 4.39 Å². The van der Waals surface area contributed by atoms with Gasteiger partial charge in [0.2, 0.25) is 0 Å². The number of aliphatic hydroxyl groups is 1. The first-order valence-electron chi connectivity index (χ1n) is 4.02. The highest BCUT2D eigenvalue weighted by Gasteiger charge is 2.38. The van der Waals surface area contributed by atoms with Gasteiger partial charge in [0.05, 0.1) is 6.61 Å². The normalized spacial score (nSPS) is 40.9. The number of hydrogen-bond donors (Lipinski definition) is 1. The Morgan fingerprint density at radius 2 is 2.36 bits per heavy atom. The van der Waals surface area contributed by atoms with E-state index in [1.165, 1.54) is 0 Å². The van der Waals surface area contributed by atoms with Crippen molar-refractivity contribution in [2.75, 3.05) is 26.7 Å². The lowest BCUT2D eigenvalue weighted by molar-refractivity contribution is -0.0138. The molecule has 0 saturated carbocycles. The van der Waals surface area contributed by atoms with Gasteiger partial charge in [0.25, 0.3) is 0 Å². The largest absolute Gasteiger partial charge is 0.396 e. The van der Waals surface area contributed by atoms with E-state index in [0.29, 0.717) is 13.0 Å². The van der Waals surface area contributed by atoms with Crippen molar-refractivity contribution >= 4 is 0 Å².